The van der Waals surface area contributed by atoms with Crippen LogP contribution in [0, 0.1) is 0 Å². The van der Waals surface area contributed by atoms with E-state index in [-0.39, 0.29) is 11.2 Å². The minimum Gasteiger partial charge on any atom is -0.496 e. The fourth-order valence-electron chi connectivity index (χ4n) is 1.85. The predicted molar refractivity (Wildman–Crippen MR) is 84.1 cm³/mol. The van der Waals surface area contributed by atoms with Crippen LogP contribution in [0.15, 0.2) is 21.1 Å². The molecule has 3 nitrogen and oxygen atoms in total. The largest absolute Gasteiger partial charge is 0.496 e. The summed E-state index contributed by atoms with van der Waals surface area (Å²) in [6.45, 7) is 8.15. The van der Waals surface area contributed by atoms with Gasteiger partial charge in [0.1, 0.15) is 5.75 Å². The molecule has 1 aliphatic rings. The molecule has 19 heavy (non-hydrogen) atoms. The molecular weight excluding hydrogens is 375 g/mol. The van der Waals surface area contributed by atoms with Crippen molar-refractivity contribution in [1.82, 2.24) is 0 Å². The lowest BCUT2D eigenvalue weighted by Gasteiger charge is -2.32. The number of halogens is 2. The third-order valence-electron chi connectivity index (χ3n) is 3.78. The quantitative estimate of drug-likeness (QED) is 0.722. The molecule has 1 aliphatic heterocycles. The molecule has 1 fully saturated rings. The van der Waals surface area contributed by atoms with E-state index in [0.29, 0.717) is 0 Å². The van der Waals surface area contributed by atoms with Gasteiger partial charge < -0.3 is 14.0 Å². The summed E-state index contributed by atoms with van der Waals surface area (Å²) in [5.74, 6) is 0.757. The van der Waals surface area contributed by atoms with E-state index in [9.17, 15) is 0 Å². The molecular formula is C13H17BBr2O3. The highest BCUT2D eigenvalue weighted by atomic mass is 79.9. The molecule has 0 radical (unpaired) electrons. The summed E-state index contributed by atoms with van der Waals surface area (Å²) in [5, 5.41) is 0. The number of hydrogen-bond donors (Lipinski definition) is 0. The van der Waals surface area contributed by atoms with Crippen LogP contribution in [0.4, 0.5) is 0 Å². The Bertz CT molecular complexity index is 487. The fraction of sp³-hybridized carbons (Fsp3) is 0.538. The van der Waals surface area contributed by atoms with Crippen LogP contribution in [0.5, 0.6) is 5.75 Å². The molecule has 0 N–H and O–H groups in total. The third kappa shape index (κ3) is 2.73. The van der Waals surface area contributed by atoms with Gasteiger partial charge in [0, 0.05) is 9.94 Å². The molecule has 0 spiro atoms. The van der Waals surface area contributed by atoms with Gasteiger partial charge in [-0.05, 0) is 55.8 Å². The van der Waals surface area contributed by atoms with E-state index in [1.165, 1.54) is 0 Å². The molecule has 2 rings (SSSR count). The van der Waals surface area contributed by atoms with E-state index >= 15 is 0 Å². The Morgan fingerprint density at radius 1 is 1.00 bits per heavy atom. The minimum absolute atomic E-state index is 0.350. The van der Waals surface area contributed by atoms with Gasteiger partial charge in [-0.25, -0.2) is 0 Å². The molecule has 1 heterocycles. The molecule has 0 saturated carbocycles. The van der Waals surface area contributed by atoms with E-state index in [2.05, 4.69) is 31.9 Å². The van der Waals surface area contributed by atoms with E-state index in [4.69, 9.17) is 14.0 Å². The van der Waals surface area contributed by atoms with Gasteiger partial charge in [0.05, 0.1) is 22.8 Å². The van der Waals surface area contributed by atoms with Gasteiger partial charge in [-0.15, -0.1) is 0 Å². The van der Waals surface area contributed by atoms with Gasteiger partial charge in [-0.3, -0.25) is 0 Å². The van der Waals surface area contributed by atoms with Gasteiger partial charge in [-0.1, -0.05) is 15.9 Å². The topological polar surface area (TPSA) is 27.7 Å². The standard InChI is InChI=1S/C13H17BBr2O3/c1-12(2)13(3,4)19-14(18-12)8-6-11(17-5)10(16)7-9(8)15/h6-7H,1-5H3. The van der Waals surface area contributed by atoms with Crippen molar-refractivity contribution in [3.05, 3.63) is 21.1 Å². The Kier molecular flexibility index (Phi) is 4.09. The van der Waals surface area contributed by atoms with E-state index in [1.54, 1.807) is 7.11 Å². The first-order chi connectivity index (χ1) is 8.68. The molecule has 0 aromatic heterocycles. The fourth-order valence-corrected chi connectivity index (χ4v) is 3.19. The molecule has 0 unspecified atom stereocenters. The van der Waals surface area contributed by atoms with E-state index < -0.39 is 7.12 Å². The van der Waals surface area contributed by atoms with Crippen LogP contribution < -0.4 is 10.2 Å². The first-order valence-electron chi connectivity index (χ1n) is 6.06. The Morgan fingerprint density at radius 2 is 1.53 bits per heavy atom. The van der Waals surface area contributed by atoms with Crippen molar-refractivity contribution < 1.29 is 14.0 Å². The third-order valence-corrected chi connectivity index (χ3v) is 5.08. The van der Waals surface area contributed by atoms with Crippen molar-refractivity contribution in [3.63, 3.8) is 0 Å². The number of methoxy groups -OCH3 is 1. The maximum absolute atomic E-state index is 6.05. The Balaban J connectivity index is 2.39. The lowest BCUT2D eigenvalue weighted by Crippen LogP contribution is -2.41. The maximum Gasteiger partial charge on any atom is 0.496 e. The second-order valence-electron chi connectivity index (χ2n) is 5.60. The molecule has 104 valence electrons. The maximum atomic E-state index is 6.05. The van der Waals surface area contributed by atoms with E-state index in [0.717, 1.165) is 20.2 Å². The average Bonchev–Trinajstić information content (AvgIpc) is 2.48. The SMILES string of the molecule is COc1cc(B2OC(C)(C)C(C)(C)O2)c(Br)cc1Br. The van der Waals surface area contributed by atoms with Gasteiger partial charge in [-0.2, -0.15) is 0 Å². The first kappa shape index (κ1) is 15.4. The summed E-state index contributed by atoms with van der Waals surface area (Å²) < 4.78 is 19.2. The Labute approximate surface area is 131 Å². The Hall–Kier alpha value is -0.0351. The summed E-state index contributed by atoms with van der Waals surface area (Å²) in [4.78, 5) is 0. The molecule has 0 bridgehead atoms. The highest BCUT2D eigenvalue weighted by molar-refractivity contribution is 9.11. The van der Waals surface area contributed by atoms with Crippen LogP contribution in [-0.4, -0.2) is 25.4 Å². The molecule has 0 amide bonds. The Morgan fingerprint density at radius 3 is 2.00 bits per heavy atom. The molecule has 0 aliphatic carbocycles. The summed E-state index contributed by atoms with van der Waals surface area (Å²) in [5.41, 5.74) is 0.230. The second-order valence-corrected chi connectivity index (χ2v) is 7.31. The van der Waals surface area contributed by atoms with Crippen molar-refractivity contribution in [3.8, 4) is 5.75 Å². The number of ether oxygens (including phenoxy) is 1. The molecule has 6 heteroatoms. The summed E-state index contributed by atoms with van der Waals surface area (Å²) >= 11 is 7.01. The number of hydrogen-bond acceptors (Lipinski definition) is 3. The van der Waals surface area contributed by atoms with Crippen molar-refractivity contribution in [2.24, 2.45) is 0 Å². The summed E-state index contributed by atoms with van der Waals surface area (Å²) in [6.07, 6.45) is 0. The average molecular weight is 392 g/mol. The highest BCUT2D eigenvalue weighted by Gasteiger charge is 2.52. The highest BCUT2D eigenvalue weighted by Crippen LogP contribution is 2.38. The van der Waals surface area contributed by atoms with Gasteiger partial charge >= 0.3 is 7.12 Å². The van der Waals surface area contributed by atoms with Crippen LogP contribution in [0.1, 0.15) is 27.7 Å². The lowest BCUT2D eigenvalue weighted by molar-refractivity contribution is 0.00578. The van der Waals surface area contributed by atoms with Crippen LogP contribution >= 0.6 is 31.9 Å². The molecule has 0 atom stereocenters. The second kappa shape index (κ2) is 5.06. The van der Waals surface area contributed by atoms with Gasteiger partial charge in [0.2, 0.25) is 0 Å². The lowest BCUT2D eigenvalue weighted by atomic mass is 9.79. The summed E-state index contributed by atoms with van der Waals surface area (Å²) in [6, 6.07) is 3.87. The molecule has 1 saturated heterocycles. The van der Waals surface area contributed by atoms with E-state index in [1.807, 2.05) is 39.8 Å². The zero-order chi connectivity index (χ0) is 14.4. The normalized spacial score (nSPS) is 20.7. The van der Waals surface area contributed by atoms with Crippen LogP contribution in [0.25, 0.3) is 0 Å². The predicted octanol–water partition coefficient (Wildman–Crippen LogP) is 3.52. The monoisotopic (exact) mass is 390 g/mol. The minimum atomic E-state index is -0.402. The van der Waals surface area contributed by atoms with Crippen molar-refractivity contribution in [2.45, 2.75) is 38.9 Å². The van der Waals surface area contributed by atoms with Crippen molar-refractivity contribution >= 4 is 44.4 Å². The smallest absolute Gasteiger partial charge is 0.496 e. The number of benzene rings is 1. The van der Waals surface area contributed by atoms with Crippen LogP contribution in [-0.2, 0) is 9.31 Å². The van der Waals surface area contributed by atoms with Crippen LogP contribution in [0.3, 0.4) is 0 Å². The molecule has 1 aromatic rings. The van der Waals surface area contributed by atoms with Crippen molar-refractivity contribution in [1.29, 1.82) is 0 Å². The van der Waals surface area contributed by atoms with Crippen molar-refractivity contribution in [2.75, 3.05) is 7.11 Å². The zero-order valence-electron chi connectivity index (χ0n) is 11.7. The summed E-state index contributed by atoms with van der Waals surface area (Å²) in [7, 11) is 1.24. The number of rotatable bonds is 2. The van der Waals surface area contributed by atoms with Gasteiger partial charge in [0.25, 0.3) is 0 Å². The zero-order valence-corrected chi connectivity index (χ0v) is 14.9. The van der Waals surface area contributed by atoms with Gasteiger partial charge in [0.15, 0.2) is 0 Å². The first-order valence-corrected chi connectivity index (χ1v) is 7.65. The molecule has 1 aromatic carbocycles. The van der Waals surface area contributed by atoms with Crippen LogP contribution in [0.2, 0.25) is 0 Å².